The van der Waals surface area contributed by atoms with Crippen LogP contribution in [0.3, 0.4) is 0 Å². The van der Waals surface area contributed by atoms with Crippen LogP contribution in [0.15, 0.2) is 52.2 Å². The SMILES string of the molecule is CN=C(NCCc1ccc2c(c1)CCO2)NCc1cn2cc(Br)ccc2n1.I. The second kappa shape index (κ2) is 9.60. The smallest absolute Gasteiger partial charge is 0.191 e. The monoisotopic (exact) mass is 555 g/mol. The van der Waals surface area contributed by atoms with Crippen molar-refractivity contribution in [2.24, 2.45) is 4.99 Å². The lowest BCUT2D eigenvalue weighted by molar-refractivity contribution is 0.357. The van der Waals surface area contributed by atoms with Crippen molar-refractivity contribution in [2.75, 3.05) is 20.2 Å². The van der Waals surface area contributed by atoms with Crippen molar-refractivity contribution in [1.29, 1.82) is 0 Å². The fourth-order valence-electron chi connectivity index (χ4n) is 3.22. The van der Waals surface area contributed by atoms with E-state index in [2.05, 4.69) is 54.7 Å². The molecule has 2 aromatic heterocycles. The number of benzene rings is 1. The van der Waals surface area contributed by atoms with E-state index in [4.69, 9.17) is 4.74 Å². The maximum atomic E-state index is 5.56. The number of guanidine groups is 1. The summed E-state index contributed by atoms with van der Waals surface area (Å²) in [5.74, 6) is 1.81. The Hall–Kier alpha value is -1.81. The van der Waals surface area contributed by atoms with Gasteiger partial charge in [0.25, 0.3) is 0 Å². The number of aliphatic imine (C=N–C) groups is 1. The van der Waals surface area contributed by atoms with Crippen molar-refractivity contribution < 1.29 is 4.74 Å². The molecular formula is C20H23BrIN5O. The lowest BCUT2D eigenvalue weighted by Gasteiger charge is -2.11. The van der Waals surface area contributed by atoms with Crippen LogP contribution < -0.4 is 15.4 Å². The topological polar surface area (TPSA) is 63.0 Å². The van der Waals surface area contributed by atoms with Crippen LogP contribution in [-0.2, 0) is 19.4 Å². The number of imidazole rings is 1. The summed E-state index contributed by atoms with van der Waals surface area (Å²) < 4.78 is 8.60. The van der Waals surface area contributed by atoms with E-state index in [0.29, 0.717) is 6.54 Å². The van der Waals surface area contributed by atoms with Gasteiger partial charge >= 0.3 is 0 Å². The Balaban J connectivity index is 0.00000225. The van der Waals surface area contributed by atoms with E-state index in [1.165, 1.54) is 11.1 Å². The normalized spacial score (nSPS) is 13.0. The third-order valence-electron chi connectivity index (χ3n) is 4.59. The van der Waals surface area contributed by atoms with Crippen molar-refractivity contribution >= 4 is 51.5 Å². The van der Waals surface area contributed by atoms with Gasteiger partial charge < -0.3 is 19.8 Å². The van der Waals surface area contributed by atoms with Crippen LogP contribution >= 0.6 is 39.9 Å². The number of fused-ring (bicyclic) bond motifs is 2. The predicted octanol–water partition coefficient (Wildman–Crippen LogP) is 3.56. The van der Waals surface area contributed by atoms with Crippen molar-refractivity contribution in [3.8, 4) is 5.75 Å². The quantitative estimate of drug-likeness (QED) is 0.287. The van der Waals surface area contributed by atoms with Gasteiger partial charge in [-0.1, -0.05) is 12.1 Å². The van der Waals surface area contributed by atoms with E-state index < -0.39 is 0 Å². The number of pyridine rings is 1. The van der Waals surface area contributed by atoms with Crippen LogP contribution in [0.4, 0.5) is 0 Å². The fourth-order valence-corrected chi connectivity index (χ4v) is 3.57. The van der Waals surface area contributed by atoms with Gasteiger partial charge in [-0.25, -0.2) is 4.98 Å². The highest BCUT2D eigenvalue weighted by atomic mass is 127. The molecule has 4 rings (SSSR count). The van der Waals surface area contributed by atoms with E-state index in [1.54, 1.807) is 7.05 Å². The lowest BCUT2D eigenvalue weighted by atomic mass is 10.1. The molecule has 0 atom stereocenters. The first-order valence-electron chi connectivity index (χ1n) is 9.03. The largest absolute Gasteiger partial charge is 0.493 e. The number of nitrogens with one attached hydrogen (secondary N) is 2. The molecule has 0 amide bonds. The minimum absolute atomic E-state index is 0. The summed E-state index contributed by atoms with van der Waals surface area (Å²) in [7, 11) is 1.78. The first-order valence-corrected chi connectivity index (χ1v) is 9.83. The van der Waals surface area contributed by atoms with Crippen LogP contribution in [-0.4, -0.2) is 35.5 Å². The summed E-state index contributed by atoms with van der Waals surface area (Å²) in [5.41, 5.74) is 4.52. The van der Waals surface area contributed by atoms with Crippen LogP contribution in [0.5, 0.6) is 5.75 Å². The molecule has 0 radical (unpaired) electrons. The van der Waals surface area contributed by atoms with Crippen LogP contribution in [0.25, 0.3) is 5.65 Å². The van der Waals surface area contributed by atoms with Crippen molar-refractivity contribution in [3.05, 3.63) is 64.0 Å². The third-order valence-corrected chi connectivity index (χ3v) is 5.05. The van der Waals surface area contributed by atoms with E-state index in [1.807, 2.05) is 28.9 Å². The number of rotatable bonds is 5. The molecule has 8 heteroatoms. The second-order valence-electron chi connectivity index (χ2n) is 6.49. The Morgan fingerprint density at radius 1 is 1.25 bits per heavy atom. The van der Waals surface area contributed by atoms with Crippen LogP contribution in [0, 0.1) is 0 Å². The maximum Gasteiger partial charge on any atom is 0.191 e. The van der Waals surface area contributed by atoms with Crippen LogP contribution in [0.2, 0.25) is 0 Å². The van der Waals surface area contributed by atoms with Gasteiger partial charge in [0.2, 0.25) is 0 Å². The molecule has 0 spiro atoms. The van der Waals surface area contributed by atoms with Gasteiger partial charge in [-0.15, -0.1) is 24.0 Å². The molecule has 1 aromatic carbocycles. The number of hydrogen-bond acceptors (Lipinski definition) is 3. The van der Waals surface area contributed by atoms with Gasteiger partial charge in [0.1, 0.15) is 11.4 Å². The molecule has 0 fully saturated rings. The van der Waals surface area contributed by atoms with Crippen molar-refractivity contribution in [2.45, 2.75) is 19.4 Å². The predicted molar refractivity (Wildman–Crippen MR) is 126 cm³/mol. The second-order valence-corrected chi connectivity index (χ2v) is 7.40. The standard InChI is InChI=1S/C20H22BrN5O.HI/c1-22-20(23-8-6-14-2-4-18-15(10-14)7-9-27-18)24-11-17-13-26-12-16(21)3-5-19(26)25-17;/h2-5,10,12-13H,6-9,11H2,1H3,(H2,22,23,24);1H. The molecule has 0 saturated heterocycles. The molecule has 148 valence electrons. The van der Waals surface area contributed by atoms with E-state index in [0.717, 1.165) is 53.5 Å². The third kappa shape index (κ3) is 4.96. The average molecular weight is 556 g/mol. The average Bonchev–Trinajstić information content (AvgIpc) is 3.29. The molecule has 3 aromatic rings. The summed E-state index contributed by atoms with van der Waals surface area (Å²) in [6.45, 7) is 2.24. The zero-order chi connectivity index (χ0) is 18.6. The molecule has 28 heavy (non-hydrogen) atoms. The van der Waals surface area contributed by atoms with Crippen molar-refractivity contribution in [3.63, 3.8) is 0 Å². The van der Waals surface area contributed by atoms with Gasteiger partial charge in [0.05, 0.1) is 18.8 Å². The maximum absolute atomic E-state index is 5.56. The Morgan fingerprint density at radius 2 is 2.14 bits per heavy atom. The molecule has 3 heterocycles. The molecule has 6 nitrogen and oxygen atoms in total. The Morgan fingerprint density at radius 3 is 3.00 bits per heavy atom. The van der Waals surface area contributed by atoms with Crippen molar-refractivity contribution in [1.82, 2.24) is 20.0 Å². The Labute approximate surface area is 189 Å². The minimum atomic E-state index is 0. The molecule has 1 aliphatic rings. The number of halogens is 2. The Bertz CT molecular complexity index is 988. The highest BCUT2D eigenvalue weighted by Gasteiger charge is 2.11. The highest BCUT2D eigenvalue weighted by Crippen LogP contribution is 2.25. The molecule has 0 saturated carbocycles. The zero-order valence-corrected chi connectivity index (χ0v) is 19.5. The van der Waals surface area contributed by atoms with Gasteiger partial charge in [0.15, 0.2) is 5.96 Å². The van der Waals surface area contributed by atoms with E-state index in [-0.39, 0.29) is 24.0 Å². The summed E-state index contributed by atoms with van der Waals surface area (Å²) >= 11 is 3.48. The molecule has 0 unspecified atom stereocenters. The number of hydrogen-bond donors (Lipinski definition) is 2. The first kappa shape index (κ1) is 20.9. The highest BCUT2D eigenvalue weighted by molar-refractivity contribution is 14.0. The van der Waals surface area contributed by atoms with Gasteiger partial charge in [-0.2, -0.15) is 0 Å². The number of aromatic nitrogens is 2. The number of nitrogens with zero attached hydrogens (tertiary/aromatic N) is 3. The molecule has 1 aliphatic heterocycles. The Kier molecular flexibility index (Phi) is 7.17. The van der Waals surface area contributed by atoms with Gasteiger partial charge in [-0.05, 0) is 51.7 Å². The molecule has 2 N–H and O–H groups in total. The van der Waals surface area contributed by atoms with E-state index >= 15 is 0 Å². The molecular weight excluding hydrogens is 533 g/mol. The summed E-state index contributed by atoms with van der Waals surface area (Å²) in [6.07, 6.45) is 5.97. The molecule has 0 aliphatic carbocycles. The van der Waals surface area contributed by atoms with Gasteiger partial charge in [-0.3, -0.25) is 4.99 Å². The lowest BCUT2D eigenvalue weighted by Crippen LogP contribution is -2.37. The van der Waals surface area contributed by atoms with Crippen LogP contribution in [0.1, 0.15) is 16.8 Å². The van der Waals surface area contributed by atoms with E-state index in [9.17, 15) is 0 Å². The first-order chi connectivity index (χ1) is 13.2. The zero-order valence-electron chi connectivity index (χ0n) is 15.6. The van der Waals surface area contributed by atoms with Gasteiger partial charge in [0, 0.05) is 36.9 Å². The number of ether oxygens (including phenoxy) is 1. The minimum Gasteiger partial charge on any atom is -0.493 e. The summed E-state index contributed by atoms with van der Waals surface area (Å²) in [4.78, 5) is 8.90. The summed E-state index contributed by atoms with van der Waals surface area (Å²) in [6, 6.07) is 10.4. The summed E-state index contributed by atoms with van der Waals surface area (Å²) in [5, 5.41) is 6.68. The fraction of sp³-hybridized carbons (Fsp3) is 0.300. The molecule has 0 bridgehead atoms.